The van der Waals surface area contributed by atoms with Crippen LogP contribution in [0, 0.1) is 5.82 Å². The molecule has 0 radical (unpaired) electrons. The molecule has 0 bridgehead atoms. The monoisotopic (exact) mass is 388 g/mol. The van der Waals surface area contributed by atoms with Gasteiger partial charge < -0.3 is 19.9 Å². The van der Waals surface area contributed by atoms with Crippen molar-refractivity contribution < 1.29 is 14.0 Å². The number of aryl methyl sites for hydroxylation is 1. The number of benzene rings is 2. The van der Waals surface area contributed by atoms with Gasteiger partial charge in [-0.2, -0.15) is 0 Å². The van der Waals surface area contributed by atoms with Crippen LogP contribution >= 0.6 is 12.2 Å². The third-order valence-corrected chi connectivity index (χ3v) is 5.37. The van der Waals surface area contributed by atoms with E-state index in [-0.39, 0.29) is 5.82 Å². The Morgan fingerprint density at radius 3 is 2.63 bits per heavy atom. The van der Waals surface area contributed by atoms with Crippen LogP contribution in [0.2, 0.25) is 0 Å². The van der Waals surface area contributed by atoms with Crippen molar-refractivity contribution in [3.63, 3.8) is 0 Å². The molecule has 3 rings (SSSR count). The molecule has 0 amide bonds. The number of piperazine rings is 1. The summed E-state index contributed by atoms with van der Waals surface area (Å²) < 4.78 is 18.8. The topological polar surface area (TPSA) is 28.9 Å². The third-order valence-electron chi connectivity index (χ3n) is 5.01. The molecule has 1 fully saturated rings. The number of rotatable bonds is 5. The first-order valence-electron chi connectivity index (χ1n) is 9.40. The predicted molar refractivity (Wildman–Crippen MR) is 111 cm³/mol. The molecule has 27 heavy (non-hydrogen) atoms. The number of nitrogens with one attached hydrogen (secondary N) is 2. The fourth-order valence-corrected chi connectivity index (χ4v) is 3.68. The van der Waals surface area contributed by atoms with E-state index in [1.165, 1.54) is 17.6 Å². The number of hydrogen-bond acceptors (Lipinski definition) is 2. The quantitative estimate of drug-likeness (QED) is 0.770. The molecular weight excluding hydrogens is 361 g/mol. The molecule has 1 aliphatic heterocycles. The molecule has 0 aromatic heterocycles. The van der Waals surface area contributed by atoms with Crippen LogP contribution in [0.3, 0.4) is 0 Å². The maximum Gasteiger partial charge on any atom is 0.173 e. The number of methoxy groups -OCH3 is 1. The molecule has 6 heteroatoms. The molecule has 0 spiro atoms. The second-order valence-electron chi connectivity index (χ2n) is 6.87. The Bertz CT molecular complexity index is 791. The van der Waals surface area contributed by atoms with E-state index in [4.69, 9.17) is 17.0 Å². The molecule has 0 saturated carbocycles. The number of quaternary nitrogens is 1. The van der Waals surface area contributed by atoms with E-state index in [0.717, 1.165) is 55.5 Å². The van der Waals surface area contributed by atoms with Gasteiger partial charge in [0.25, 0.3) is 0 Å². The average molecular weight is 389 g/mol. The summed E-state index contributed by atoms with van der Waals surface area (Å²) in [4.78, 5) is 3.65. The highest BCUT2D eigenvalue weighted by Crippen LogP contribution is 2.17. The highest BCUT2D eigenvalue weighted by atomic mass is 32.1. The van der Waals surface area contributed by atoms with Crippen molar-refractivity contribution in [2.75, 3.05) is 38.6 Å². The molecule has 144 valence electrons. The number of hydrogen-bond donors (Lipinski definition) is 2. The summed E-state index contributed by atoms with van der Waals surface area (Å²) in [5.41, 5.74) is 3.33. The van der Waals surface area contributed by atoms with E-state index in [2.05, 4.69) is 35.3 Å². The van der Waals surface area contributed by atoms with Gasteiger partial charge in [-0.05, 0) is 54.5 Å². The minimum Gasteiger partial charge on any atom is -0.494 e. The largest absolute Gasteiger partial charge is 0.494 e. The Morgan fingerprint density at radius 1 is 1.19 bits per heavy atom. The SMILES string of the molecule is CCc1cccc(NC(=S)N2CC[NH+](Cc3ccc(OC)c(F)c3)CC2)c1. The second kappa shape index (κ2) is 9.15. The molecule has 1 heterocycles. The lowest BCUT2D eigenvalue weighted by Gasteiger charge is -2.34. The molecule has 0 unspecified atom stereocenters. The van der Waals surface area contributed by atoms with Crippen molar-refractivity contribution in [2.24, 2.45) is 0 Å². The van der Waals surface area contributed by atoms with Crippen molar-refractivity contribution in [1.29, 1.82) is 0 Å². The molecule has 2 aromatic rings. The smallest absolute Gasteiger partial charge is 0.173 e. The van der Waals surface area contributed by atoms with E-state index >= 15 is 0 Å². The van der Waals surface area contributed by atoms with Gasteiger partial charge in [0.05, 0.1) is 33.3 Å². The number of halogens is 1. The summed E-state index contributed by atoms with van der Waals surface area (Å²) in [6.07, 6.45) is 1.01. The van der Waals surface area contributed by atoms with E-state index in [0.29, 0.717) is 5.75 Å². The highest BCUT2D eigenvalue weighted by molar-refractivity contribution is 7.80. The fraction of sp³-hybridized carbons (Fsp3) is 0.381. The molecule has 0 atom stereocenters. The molecule has 2 aromatic carbocycles. The predicted octanol–water partition coefficient (Wildman–Crippen LogP) is 2.49. The molecule has 0 aliphatic carbocycles. The fourth-order valence-electron chi connectivity index (χ4n) is 3.38. The van der Waals surface area contributed by atoms with Crippen LogP contribution in [0.15, 0.2) is 42.5 Å². The number of thiocarbonyl (C=S) groups is 1. The third kappa shape index (κ3) is 5.17. The summed E-state index contributed by atoms with van der Waals surface area (Å²) in [7, 11) is 1.48. The van der Waals surface area contributed by atoms with E-state index in [1.54, 1.807) is 12.1 Å². The summed E-state index contributed by atoms with van der Waals surface area (Å²) >= 11 is 5.59. The summed E-state index contributed by atoms with van der Waals surface area (Å²) in [5.74, 6) is -0.00476. The first kappa shape index (κ1) is 19.6. The van der Waals surface area contributed by atoms with Crippen molar-refractivity contribution >= 4 is 23.0 Å². The van der Waals surface area contributed by atoms with Crippen LogP contribution in [0.25, 0.3) is 0 Å². The van der Waals surface area contributed by atoms with Crippen LogP contribution in [-0.2, 0) is 13.0 Å². The number of anilines is 1. The van der Waals surface area contributed by atoms with Gasteiger partial charge >= 0.3 is 0 Å². The van der Waals surface area contributed by atoms with Crippen LogP contribution < -0.4 is 15.0 Å². The highest BCUT2D eigenvalue weighted by Gasteiger charge is 2.22. The zero-order valence-corrected chi connectivity index (χ0v) is 16.7. The van der Waals surface area contributed by atoms with E-state index in [9.17, 15) is 4.39 Å². The Labute approximate surface area is 165 Å². The molecule has 2 N–H and O–H groups in total. The zero-order chi connectivity index (χ0) is 19.2. The Morgan fingerprint density at radius 2 is 1.96 bits per heavy atom. The normalized spacial score (nSPS) is 14.9. The maximum atomic E-state index is 13.9. The Kier molecular flexibility index (Phi) is 6.63. The van der Waals surface area contributed by atoms with Gasteiger partial charge in [-0.25, -0.2) is 4.39 Å². The van der Waals surface area contributed by atoms with Crippen LogP contribution in [-0.4, -0.2) is 43.3 Å². The van der Waals surface area contributed by atoms with Crippen molar-refractivity contribution in [3.8, 4) is 5.75 Å². The van der Waals surface area contributed by atoms with Gasteiger partial charge in [-0.15, -0.1) is 0 Å². The lowest BCUT2D eigenvalue weighted by atomic mass is 10.1. The average Bonchev–Trinajstić information content (AvgIpc) is 2.69. The van der Waals surface area contributed by atoms with E-state index in [1.807, 2.05) is 12.1 Å². The van der Waals surface area contributed by atoms with Gasteiger partial charge in [-0.1, -0.05) is 19.1 Å². The summed E-state index contributed by atoms with van der Waals surface area (Å²) in [5, 5.41) is 4.13. The van der Waals surface area contributed by atoms with Gasteiger partial charge in [-0.3, -0.25) is 0 Å². The summed E-state index contributed by atoms with van der Waals surface area (Å²) in [6, 6.07) is 13.6. The Hall–Kier alpha value is -2.18. The number of nitrogens with zero attached hydrogens (tertiary/aromatic N) is 1. The lowest BCUT2D eigenvalue weighted by molar-refractivity contribution is -0.917. The lowest BCUT2D eigenvalue weighted by Crippen LogP contribution is -3.13. The van der Waals surface area contributed by atoms with Crippen LogP contribution in [0.5, 0.6) is 5.75 Å². The van der Waals surface area contributed by atoms with Gasteiger partial charge in [0.2, 0.25) is 0 Å². The minimum absolute atomic E-state index is 0.294. The minimum atomic E-state index is -0.298. The molecular formula is C21H27FN3OS+. The molecule has 4 nitrogen and oxygen atoms in total. The van der Waals surface area contributed by atoms with Crippen molar-refractivity contribution in [3.05, 3.63) is 59.4 Å². The van der Waals surface area contributed by atoms with Gasteiger partial charge in [0.15, 0.2) is 16.7 Å². The molecule has 1 saturated heterocycles. The van der Waals surface area contributed by atoms with Crippen LogP contribution in [0.4, 0.5) is 10.1 Å². The zero-order valence-electron chi connectivity index (χ0n) is 15.9. The van der Waals surface area contributed by atoms with Crippen molar-refractivity contribution in [1.82, 2.24) is 4.90 Å². The van der Waals surface area contributed by atoms with Gasteiger partial charge in [0, 0.05) is 11.3 Å². The second-order valence-corrected chi connectivity index (χ2v) is 7.25. The standard InChI is InChI=1S/C21H26FN3OS/c1-3-16-5-4-6-18(13-16)23-21(27)25-11-9-24(10-12-25)15-17-7-8-20(26-2)19(22)14-17/h4-8,13-14H,3,9-12,15H2,1-2H3,(H,23,27)/p+1. The van der Waals surface area contributed by atoms with Gasteiger partial charge in [0.1, 0.15) is 6.54 Å². The first-order valence-corrected chi connectivity index (χ1v) is 9.80. The number of ether oxygens (including phenoxy) is 1. The first-order chi connectivity index (χ1) is 13.1. The maximum absolute atomic E-state index is 13.9. The Balaban J connectivity index is 1.50. The van der Waals surface area contributed by atoms with E-state index < -0.39 is 0 Å². The molecule has 1 aliphatic rings. The summed E-state index contributed by atoms with van der Waals surface area (Å²) in [6.45, 7) is 6.71. The van der Waals surface area contributed by atoms with Crippen molar-refractivity contribution in [2.45, 2.75) is 19.9 Å². The van der Waals surface area contributed by atoms with Crippen LogP contribution in [0.1, 0.15) is 18.1 Å².